The van der Waals surface area contributed by atoms with Crippen molar-refractivity contribution in [3.63, 3.8) is 0 Å². The van der Waals surface area contributed by atoms with E-state index >= 15 is 0 Å². The number of rotatable bonds is 9. The average molecular weight is 456 g/mol. The molecule has 0 spiro atoms. The van der Waals surface area contributed by atoms with E-state index in [1.54, 1.807) is 0 Å². The number of likely N-dealkylation sites (tertiary alicyclic amines) is 1. The Bertz CT molecular complexity index is 710. The summed E-state index contributed by atoms with van der Waals surface area (Å²) in [6, 6.07) is 9.81. The highest BCUT2D eigenvalue weighted by Crippen LogP contribution is 2.56. The number of carbonyl (C=O) groups excluding carboxylic acids is 1. The van der Waals surface area contributed by atoms with Gasteiger partial charge in [-0.3, -0.25) is 14.3 Å². The average Bonchev–Trinajstić information content (AvgIpc) is 2.58. The first-order chi connectivity index (χ1) is 13.4. The highest BCUT2D eigenvalue weighted by atomic mass is 31.2. The molecular weight excluding hydrogens is 417 g/mol. The minimum Gasteiger partial charge on any atom is -0.519 e. The number of piperidine rings is 1. The lowest BCUT2D eigenvalue weighted by Crippen LogP contribution is -2.41. The molecule has 1 aromatic rings. The Morgan fingerprint density at radius 3 is 2.10 bits per heavy atom. The Balaban J connectivity index is 2.39. The largest absolute Gasteiger partial charge is 0.519 e. The summed E-state index contributed by atoms with van der Waals surface area (Å²) in [5.41, 5.74) is 0.230. The minimum absolute atomic E-state index is 0.343. The first-order valence-corrected chi connectivity index (χ1v) is 19.4. The Labute approximate surface area is 178 Å². The fraction of sp³-hybridized carbons (Fsp3) is 0.667. The predicted octanol–water partition coefficient (Wildman–Crippen LogP) is 5.55. The third-order valence-electron chi connectivity index (χ3n) is 4.70. The van der Waals surface area contributed by atoms with Gasteiger partial charge in [0.2, 0.25) is 15.7 Å². The van der Waals surface area contributed by atoms with Crippen molar-refractivity contribution < 1.29 is 18.0 Å². The molecule has 0 aliphatic carbocycles. The Morgan fingerprint density at radius 1 is 1.00 bits per heavy atom. The van der Waals surface area contributed by atoms with E-state index in [1.165, 1.54) is 6.42 Å². The van der Waals surface area contributed by atoms with Crippen LogP contribution in [0.4, 0.5) is 0 Å². The van der Waals surface area contributed by atoms with Crippen molar-refractivity contribution >= 4 is 30.0 Å². The Kier molecular flexibility index (Phi) is 8.51. The second-order valence-electron chi connectivity index (χ2n) is 9.99. The second kappa shape index (κ2) is 10.1. The lowest BCUT2D eigenvalue weighted by atomic mass is 10.1. The van der Waals surface area contributed by atoms with E-state index in [2.05, 4.69) is 4.90 Å². The molecule has 1 aromatic carbocycles. The van der Waals surface area contributed by atoms with Crippen molar-refractivity contribution in [2.45, 2.75) is 70.6 Å². The number of benzene rings is 1. The van der Waals surface area contributed by atoms with Gasteiger partial charge in [-0.15, -0.1) is 0 Å². The van der Waals surface area contributed by atoms with E-state index in [-0.39, 0.29) is 5.97 Å². The highest BCUT2D eigenvalue weighted by Gasteiger charge is 2.45. The van der Waals surface area contributed by atoms with Crippen molar-refractivity contribution in [2.75, 3.05) is 19.4 Å². The SMILES string of the molecule is C[Si](C)(C)OC(=O)C(Cc1ccccc1)P(=O)(CN1CCCCC1)O[Si](C)(C)C. The van der Waals surface area contributed by atoms with Gasteiger partial charge in [-0.1, -0.05) is 36.8 Å². The lowest BCUT2D eigenvalue weighted by molar-refractivity contribution is -0.134. The number of carbonyl (C=O) groups is 1. The van der Waals surface area contributed by atoms with Crippen LogP contribution < -0.4 is 0 Å². The first-order valence-electron chi connectivity index (χ1n) is 10.7. The number of hydrogen-bond acceptors (Lipinski definition) is 5. The van der Waals surface area contributed by atoms with Crippen molar-refractivity contribution in [1.82, 2.24) is 4.90 Å². The molecule has 8 heteroatoms. The zero-order valence-electron chi connectivity index (χ0n) is 18.9. The molecule has 29 heavy (non-hydrogen) atoms. The van der Waals surface area contributed by atoms with Gasteiger partial charge in [0.15, 0.2) is 8.32 Å². The maximum Gasteiger partial charge on any atom is 0.305 e. The summed E-state index contributed by atoms with van der Waals surface area (Å²) in [6.45, 7) is 13.9. The first kappa shape index (κ1) is 24.5. The molecule has 2 rings (SSSR count). The molecule has 1 aliphatic rings. The van der Waals surface area contributed by atoms with Gasteiger partial charge in [-0.2, -0.15) is 0 Å². The van der Waals surface area contributed by atoms with Crippen LogP contribution in [0.5, 0.6) is 0 Å². The van der Waals surface area contributed by atoms with Crippen LogP contribution >= 0.6 is 7.37 Å². The molecule has 2 atom stereocenters. The molecule has 0 saturated carbocycles. The molecular formula is C21H38NO4PSi2. The van der Waals surface area contributed by atoms with Crippen molar-refractivity contribution in [3.05, 3.63) is 35.9 Å². The molecule has 1 heterocycles. The van der Waals surface area contributed by atoms with Gasteiger partial charge < -0.3 is 8.64 Å². The van der Waals surface area contributed by atoms with Crippen LogP contribution in [0, 0.1) is 0 Å². The van der Waals surface area contributed by atoms with Crippen LogP contribution in [0.3, 0.4) is 0 Å². The molecule has 164 valence electrons. The van der Waals surface area contributed by atoms with Crippen LogP contribution in [0.2, 0.25) is 39.3 Å². The maximum absolute atomic E-state index is 14.4. The third-order valence-corrected chi connectivity index (χ3v) is 11.1. The van der Waals surface area contributed by atoms with Gasteiger partial charge in [-0.05, 0) is 77.2 Å². The van der Waals surface area contributed by atoms with E-state index in [1.807, 2.05) is 69.6 Å². The van der Waals surface area contributed by atoms with Crippen LogP contribution in [0.1, 0.15) is 24.8 Å². The summed E-state index contributed by atoms with van der Waals surface area (Å²) < 4.78 is 26.6. The van der Waals surface area contributed by atoms with E-state index in [0.29, 0.717) is 12.7 Å². The Morgan fingerprint density at radius 2 is 1.59 bits per heavy atom. The summed E-state index contributed by atoms with van der Waals surface area (Å²) in [4.78, 5) is 15.5. The molecule has 0 amide bonds. The van der Waals surface area contributed by atoms with Crippen LogP contribution in [0.15, 0.2) is 30.3 Å². The standard InChI is InChI=1S/C21H38NO4PSi2/c1-28(2,3)25-21(23)20(17-19-13-9-7-10-14-19)27(24,26-29(4,5)6)18-22-15-11-8-12-16-22/h7,9-10,13-14,20H,8,11-12,15-18H2,1-6H3. The van der Waals surface area contributed by atoms with E-state index in [9.17, 15) is 9.36 Å². The van der Waals surface area contributed by atoms with E-state index in [4.69, 9.17) is 8.64 Å². The monoisotopic (exact) mass is 455 g/mol. The number of nitrogens with zero attached hydrogens (tertiary/aromatic N) is 1. The molecule has 1 aliphatic heterocycles. The van der Waals surface area contributed by atoms with E-state index in [0.717, 1.165) is 31.5 Å². The minimum atomic E-state index is -3.29. The summed E-state index contributed by atoms with van der Waals surface area (Å²) in [6.07, 6.45) is 4.15. The second-order valence-corrected chi connectivity index (χ2v) is 21.7. The Hall–Kier alpha value is -0.726. The zero-order chi connectivity index (χ0) is 21.7. The van der Waals surface area contributed by atoms with Gasteiger partial charge in [0, 0.05) is 0 Å². The molecule has 1 fully saturated rings. The van der Waals surface area contributed by atoms with Gasteiger partial charge in [-0.25, -0.2) is 0 Å². The summed E-state index contributed by atoms with van der Waals surface area (Å²) >= 11 is 0. The van der Waals surface area contributed by atoms with Crippen molar-refractivity contribution in [2.24, 2.45) is 0 Å². The molecule has 2 unspecified atom stereocenters. The smallest absolute Gasteiger partial charge is 0.305 e. The highest BCUT2D eigenvalue weighted by molar-refractivity contribution is 7.62. The van der Waals surface area contributed by atoms with Crippen LogP contribution in [0.25, 0.3) is 0 Å². The summed E-state index contributed by atoms with van der Waals surface area (Å²) in [5.74, 6) is -0.355. The van der Waals surface area contributed by atoms with Crippen LogP contribution in [-0.4, -0.2) is 52.5 Å². The predicted molar refractivity (Wildman–Crippen MR) is 126 cm³/mol. The fourth-order valence-corrected chi connectivity index (χ4v) is 10.8. The normalized spacial score (nSPS) is 19.4. The maximum atomic E-state index is 14.4. The van der Waals surface area contributed by atoms with Crippen LogP contribution in [-0.2, 0) is 24.4 Å². The topological polar surface area (TPSA) is 55.8 Å². The van der Waals surface area contributed by atoms with Gasteiger partial charge in [0.25, 0.3) is 0 Å². The third kappa shape index (κ3) is 8.50. The number of hydrogen-bond donors (Lipinski definition) is 0. The molecule has 0 radical (unpaired) electrons. The van der Waals surface area contributed by atoms with Crippen molar-refractivity contribution in [1.29, 1.82) is 0 Å². The molecule has 5 nitrogen and oxygen atoms in total. The van der Waals surface area contributed by atoms with Gasteiger partial charge >= 0.3 is 5.97 Å². The molecule has 0 aromatic heterocycles. The molecule has 0 bridgehead atoms. The lowest BCUT2D eigenvalue weighted by Gasteiger charge is -2.37. The zero-order valence-corrected chi connectivity index (χ0v) is 21.8. The fourth-order valence-electron chi connectivity index (χ4n) is 3.62. The van der Waals surface area contributed by atoms with Crippen molar-refractivity contribution in [3.8, 4) is 0 Å². The van der Waals surface area contributed by atoms with Gasteiger partial charge in [0.1, 0.15) is 5.66 Å². The molecule has 0 N–H and O–H groups in total. The summed E-state index contributed by atoms with van der Waals surface area (Å²) in [5, 5.41) is 0. The quantitative estimate of drug-likeness (QED) is 0.361. The summed E-state index contributed by atoms with van der Waals surface area (Å²) in [7, 11) is -7.56. The van der Waals surface area contributed by atoms with E-state index < -0.39 is 29.7 Å². The molecule has 1 saturated heterocycles. The van der Waals surface area contributed by atoms with Gasteiger partial charge in [0.05, 0.1) is 6.29 Å².